The van der Waals surface area contributed by atoms with Gasteiger partial charge < -0.3 is 5.32 Å². The minimum atomic E-state index is -1.19. The molecule has 1 saturated heterocycles. The van der Waals surface area contributed by atoms with Gasteiger partial charge in [0.05, 0.1) is 6.54 Å². The molecule has 3 rings (SSSR count). The summed E-state index contributed by atoms with van der Waals surface area (Å²) in [5.74, 6) is -0.393. The van der Waals surface area contributed by atoms with E-state index in [9.17, 15) is 14.4 Å². The van der Waals surface area contributed by atoms with Crippen LogP contribution in [-0.2, 0) is 10.3 Å². The molecule has 0 bridgehead atoms. The molecule has 1 aliphatic heterocycles. The molecule has 1 heterocycles. The van der Waals surface area contributed by atoms with Crippen LogP contribution < -0.4 is 5.32 Å². The maximum absolute atomic E-state index is 12.9. The van der Waals surface area contributed by atoms with Crippen LogP contribution in [0.5, 0.6) is 0 Å². The van der Waals surface area contributed by atoms with Crippen molar-refractivity contribution < 1.29 is 14.4 Å². The van der Waals surface area contributed by atoms with Gasteiger partial charge in [-0.1, -0.05) is 49.7 Å². The largest absolute Gasteiger partial charge is 0.325 e. The van der Waals surface area contributed by atoms with Crippen molar-refractivity contribution in [1.29, 1.82) is 0 Å². The lowest BCUT2D eigenvalue weighted by Crippen LogP contribution is -2.41. The van der Waals surface area contributed by atoms with E-state index in [1.54, 1.807) is 31.2 Å². The smallest absolute Gasteiger partial charge is 0.319 e. The van der Waals surface area contributed by atoms with Crippen LogP contribution in [0.4, 0.5) is 4.79 Å². The Kier molecular flexibility index (Phi) is 5.07. The van der Waals surface area contributed by atoms with Crippen LogP contribution in [0.15, 0.2) is 48.5 Å². The second-order valence-electron chi connectivity index (χ2n) is 7.15. The predicted octanol–water partition coefficient (Wildman–Crippen LogP) is 4.11. The van der Waals surface area contributed by atoms with Crippen LogP contribution in [0, 0.1) is 0 Å². The third-order valence-electron chi connectivity index (χ3n) is 4.90. The van der Waals surface area contributed by atoms with E-state index in [0.29, 0.717) is 22.1 Å². The Morgan fingerprint density at radius 1 is 1.07 bits per heavy atom. The Labute approximate surface area is 163 Å². The highest BCUT2D eigenvalue weighted by Crippen LogP contribution is 2.30. The normalized spacial score (nSPS) is 19.5. The lowest BCUT2D eigenvalue weighted by atomic mass is 9.90. The van der Waals surface area contributed by atoms with Crippen LogP contribution in [-0.4, -0.2) is 29.2 Å². The summed E-state index contributed by atoms with van der Waals surface area (Å²) in [5, 5.41) is 3.24. The monoisotopic (exact) mass is 384 g/mol. The van der Waals surface area contributed by atoms with Crippen molar-refractivity contribution in [3.05, 3.63) is 70.2 Å². The number of ketones is 1. The molecule has 1 aliphatic rings. The summed E-state index contributed by atoms with van der Waals surface area (Å²) in [6.07, 6.45) is 0. The molecule has 1 atom stereocenters. The number of urea groups is 1. The second-order valence-corrected chi connectivity index (χ2v) is 7.59. The molecule has 1 fully saturated rings. The summed E-state index contributed by atoms with van der Waals surface area (Å²) in [5.41, 5.74) is 1.04. The lowest BCUT2D eigenvalue weighted by molar-refractivity contribution is -0.130. The van der Waals surface area contributed by atoms with E-state index < -0.39 is 17.5 Å². The lowest BCUT2D eigenvalue weighted by Gasteiger charge is -2.22. The van der Waals surface area contributed by atoms with E-state index in [-0.39, 0.29) is 12.3 Å². The Hall–Kier alpha value is -2.66. The number of hydrogen-bond acceptors (Lipinski definition) is 3. The van der Waals surface area contributed by atoms with Gasteiger partial charge in [-0.05, 0) is 48.2 Å². The molecule has 0 unspecified atom stereocenters. The Morgan fingerprint density at radius 2 is 1.67 bits per heavy atom. The third-order valence-corrected chi connectivity index (χ3v) is 5.15. The van der Waals surface area contributed by atoms with Crippen molar-refractivity contribution in [2.24, 2.45) is 0 Å². The number of Topliss-reactive ketones (excluding diaryl/α,β-unsaturated/α-hetero) is 1. The molecule has 1 N–H and O–H groups in total. The molecule has 0 spiro atoms. The number of hydrogen-bond donors (Lipinski definition) is 1. The highest BCUT2D eigenvalue weighted by Gasteiger charge is 2.49. The van der Waals surface area contributed by atoms with Crippen molar-refractivity contribution in [2.75, 3.05) is 6.54 Å². The molecule has 27 heavy (non-hydrogen) atoms. The SMILES string of the molecule is CC(C)c1ccc([C@]2(C)NC(=O)N(CC(=O)c3ccc(Cl)cc3)C2=O)cc1. The summed E-state index contributed by atoms with van der Waals surface area (Å²) < 4.78 is 0. The molecule has 2 aromatic carbocycles. The summed E-state index contributed by atoms with van der Waals surface area (Å²) in [7, 11) is 0. The van der Waals surface area contributed by atoms with Gasteiger partial charge >= 0.3 is 6.03 Å². The van der Waals surface area contributed by atoms with Crippen LogP contribution >= 0.6 is 11.6 Å². The van der Waals surface area contributed by atoms with E-state index in [0.717, 1.165) is 10.5 Å². The number of nitrogens with one attached hydrogen (secondary N) is 1. The summed E-state index contributed by atoms with van der Waals surface area (Å²) in [6.45, 7) is 5.52. The number of imide groups is 1. The molecular weight excluding hydrogens is 364 g/mol. The molecule has 0 aromatic heterocycles. The number of nitrogens with zero attached hydrogens (tertiary/aromatic N) is 1. The molecule has 5 nitrogen and oxygen atoms in total. The van der Waals surface area contributed by atoms with Gasteiger partial charge in [-0.25, -0.2) is 4.79 Å². The third kappa shape index (κ3) is 3.60. The number of halogens is 1. The van der Waals surface area contributed by atoms with Crippen molar-refractivity contribution >= 4 is 29.3 Å². The number of carbonyl (C=O) groups is 3. The van der Waals surface area contributed by atoms with E-state index >= 15 is 0 Å². The molecular formula is C21H21ClN2O3. The van der Waals surface area contributed by atoms with E-state index in [1.807, 2.05) is 24.3 Å². The fourth-order valence-electron chi connectivity index (χ4n) is 3.11. The molecule has 6 heteroatoms. The van der Waals surface area contributed by atoms with Crippen molar-refractivity contribution in [3.8, 4) is 0 Å². The van der Waals surface area contributed by atoms with Crippen molar-refractivity contribution in [2.45, 2.75) is 32.2 Å². The predicted molar refractivity (Wildman–Crippen MR) is 104 cm³/mol. The molecule has 0 saturated carbocycles. The maximum Gasteiger partial charge on any atom is 0.325 e. The van der Waals surface area contributed by atoms with Gasteiger partial charge in [0.2, 0.25) is 0 Å². The highest BCUT2D eigenvalue weighted by atomic mass is 35.5. The first-order valence-corrected chi connectivity index (χ1v) is 9.13. The Bertz CT molecular complexity index is 891. The molecule has 0 radical (unpaired) electrons. The van der Waals surface area contributed by atoms with Gasteiger partial charge in [-0.3, -0.25) is 14.5 Å². The second kappa shape index (κ2) is 7.16. The van der Waals surface area contributed by atoms with E-state index in [2.05, 4.69) is 19.2 Å². The summed E-state index contributed by atoms with van der Waals surface area (Å²) in [6, 6.07) is 13.4. The van der Waals surface area contributed by atoms with Crippen LogP contribution in [0.25, 0.3) is 0 Å². The number of benzene rings is 2. The van der Waals surface area contributed by atoms with Gasteiger partial charge in [-0.2, -0.15) is 0 Å². The fourth-order valence-corrected chi connectivity index (χ4v) is 3.23. The molecule has 0 aliphatic carbocycles. The van der Waals surface area contributed by atoms with Gasteiger partial charge in [0.1, 0.15) is 5.54 Å². The number of amides is 3. The van der Waals surface area contributed by atoms with Crippen LogP contribution in [0.3, 0.4) is 0 Å². The Morgan fingerprint density at radius 3 is 2.22 bits per heavy atom. The minimum Gasteiger partial charge on any atom is -0.319 e. The number of carbonyl (C=O) groups excluding carboxylic acids is 3. The quantitative estimate of drug-likeness (QED) is 0.623. The zero-order valence-corrected chi connectivity index (χ0v) is 16.2. The first-order chi connectivity index (χ1) is 12.7. The molecule has 3 amide bonds. The van der Waals surface area contributed by atoms with Gasteiger partial charge in [-0.15, -0.1) is 0 Å². The van der Waals surface area contributed by atoms with Crippen molar-refractivity contribution in [3.63, 3.8) is 0 Å². The molecule has 140 valence electrons. The van der Waals surface area contributed by atoms with Gasteiger partial charge in [0, 0.05) is 10.6 Å². The first-order valence-electron chi connectivity index (χ1n) is 8.75. The van der Waals surface area contributed by atoms with Crippen molar-refractivity contribution in [1.82, 2.24) is 10.2 Å². The summed E-state index contributed by atoms with van der Waals surface area (Å²) in [4.78, 5) is 38.8. The van der Waals surface area contributed by atoms with Crippen LogP contribution in [0.2, 0.25) is 5.02 Å². The zero-order valence-electron chi connectivity index (χ0n) is 15.5. The highest BCUT2D eigenvalue weighted by molar-refractivity contribution is 6.30. The maximum atomic E-state index is 12.9. The Balaban J connectivity index is 1.81. The summed E-state index contributed by atoms with van der Waals surface area (Å²) >= 11 is 5.83. The van der Waals surface area contributed by atoms with Gasteiger partial charge in [0.15, 0.2) is 5.78 Å². The topological polar surface area (TPSA) is 66.5 Å². The fraction of sp³-hybridized carbons (Fsp3) is 0.286. The standard InChI is InChI=1S/C21H21ClN2O3/c1-13(2)14-4-8-16(9-5-14)21(3)19(26)24(20(27)23-21)12-18(25)15-6-10-17(22)11-7-15/h4-11,13H,12H2,1-3H3,(H,23,27)/t21-/m0/s1. The average molecular weight is 385 g/mol. The van der Waals surface area contributed by atoms with Gasteiger partial charge in [0.25, 0.3) is 5.91 Å². The molecule has 2 aromatic rings. The first kappa shape index (κ1) is 19.1. The van der Waals surface area contributed by atoms with E-state index in [1.165, 1.54) is 0 Å². The van der Waals surface area contributed by atoms with E-state index in [4.69, 9.17) is 11.6 Å². The van der Waals surface area contributed by atoms with Crippen LogP contribution in [0.1, 0.15) is 48.2 Å². The zero-order chi connectivity index (χ0) is 19.8. The number of rotatable bonds is 5. The average Bonchev–Trinajstić information content (AvgIpc) is 2.86. The minimum absolute atomic E-state index is 0.314.